The van der Waals surface area contributed by atoms with Crippen LogP contribution in [0.25, 0.3) is 0 Å². The standard InChI is InChI=1S/C23H29NO3/c1-7-12-27-19-10-8-18(9-11-19)23(25)24-17(5)21-14-20(15(2)3)22(26-6)13-16(21)4/h7-11,13-15,17H,1,12H2,2-6H3,(H,24,25)/t17-/m0/s1. The maximum Gasteiger partial charge on any atom is 0.251 e. The summed E-state index contributed by atoms with van der Waals surface area (Å²) in [5, 5.41) is 3.08. The number of ether oxygens (including phenoxy) is 2. The van der Waals surface area contributed by atoms with Gasteiger partial charge in [0.15, 0.2) is 0 Å². The van der Waals surface area contributed by atoms with Crippen LogP contribution < -0.4 is 14.8 Å². The number of aryl methyl sites for hydroxylation is 1. The molecule has 144 valence electrons. The van der Waals surface area contributed by atoms with E-state index in [0.29, 0.717) is 23.8 Å². The maximum atomic E-state index is 12.6. The molecule has 0 radical (unpaired) electrons. The van der Waals surface area contributed by atoms with Gasteiger partial charge in [0.1, 0.15) is 18.1 Å². The largest absolute Gasteiger partial charge is 0.496 e. The predicted molar refractivity (Wildman–Crippen MR) is 110 cm³/mol. The van der Waals surface area contributed by atoms with Gasteiger partial charge in [-0.15, -0.1) is 0 Å². The molecule has 1 N–H and O–H groups in total. The molecule has 1 amide bonds. The van der Waals surface area contributed by atoms with Crippen molar-refractivity contribution in [1.82, 2.24) is 5.32 Å². The van der Waals surface area contributed by atoms with E-state index < -0.39 is 0 Å². The molecule has 0 fully saturated rings. The lowest BCUT2D eigenvalue weighted by atomic mass is 9.93. The first-order valence-electron chi connectivity index (χ1n) is 9.20. The molecular weight excluding hydrogens is 338 g/mol. The minimum atomic E-state index is -0.113. The van der Waals surface area contributed by atoms with Crippen molar-refractivity contribution in [3.63, 3.8) is 0 Å². The lowest BCUT2D eigenvalue weighted by Crippen LogP contribution is -2.27. The maximum absolute atomic E-state index is 12.6. The molecule has 0 bridgehead atoms. The number of carbonyl (C=O) groups is 1. The van der Waals surface area contributed by atoms with Gasteiger partial charge in [-0.1, -0.05) is 26.5 Å². The molecular formula is C23H29NO3. The fourth-order valence-corrected chi connectivity index (χ4v) is 3.03. The second kappa shape index (κ2) is 9.26. The molecule has 0 aliphatic rings. The summed E-state index contributed by atoms with van der Waals surface area (Å²) in [6, 6.07) is 11.2. The van der Waals surface area contributed by atoms with E-state index in [1.807, 2.05) is 19.9 Å². The predicted octanol–water partition coefficient (Wildman–Crippen LogP) is 5.18. The fraction of sp³-hybridized carbons (Fsp3) is 0.348. The van der Waals surface area contributed by atoms with Crippen molar-refractivity contribution in [2.45, 2.75) is 39.7 Å². The Balaban J connectivity index is 2.16. The van der Waals surface area contributed by atoms with E-state index in [9.17, 15) is 4.79 Å². The Morgan fingerprint density at radius 2 is 1.81 bits per heavy atom. The van der Waals surface area contributed by atoms with Crippen molar-refractivity contribution >= 4 is 5.91 Å². The number of amides is 1. The van der Waals surface area contributed by atoms with Gasteiger partial charge in [-0.3, -0.25) is 4.79 Å². The van der Waals surface area contributed by atoms with Gasteiger partial charge in [0.05, 0.1) is 13.2 Å². The second-order valence-corrected chi connectivity index (χ2v) is 6.92. The van der Waals surface area contributed by atoms with Crippen LogP contribution in [0.4, 0.5) is 0 Å². The number of nitrogens with one attached hydrogen (secondary N) is 1. The summed E-state index contributed by atoms with van der Waals surface area (Å²) >= 11 is 0. The van der Waals surface area contributed by atoms with Gasteiger partial charge in [0.25, 0.3) is 5.91 Å². The summed E-state index contributed by atoms with van der Waals surface area (Å²) in [4.78, 5) is 12.6. The molecule has 0 heterocycles. The number of hydrogen-bond acceptors (Lipinski definition) is 3. The number of benzene rings is 2. The number of hydrogen-bond donors (Lipinski definition) is 1. The molecule has 27 heavy (non-hydrogen) atoms. The van der Waals surface area contributed by atoms with E-state index in [1.54, 1.807) is 37.5 Å². The van der Waals surface area contributed by atoms with Crippen LogP contribution in [0.3, 0.4) is 0 Å². The van der Waals surface area contributed by atoms with Crippen molar-refractivity contribution in [3.05, 3.63) is 71.3 Å². The Morgan fingerprint density at radius 1 is 1.15 bits per heavy atom. The van der Waals surface area contributed by atoms with Gasteiger partial charge in [0.2, 0.25) is 0 Å². The third-order valence-corrected chi connectivity index (χ3v) is 4.54. The lowest BCUT2D eigenvalue weighted by Gasteiger charge is -2.21. The molecule has 2 aromatic rings. The molecule has 0 saturated heterocycles. The highest BCUT2D eigenvalue weighted by atomic mass is 16.5. The van der Waals surface area contributed by atoms with Crippen molar-refractivity contribution < 1.29 is 14.3 Å². The zero-order valence-electron chi connectivity index (χ0n) is 16.8. The molecule has 0 aliphatic carbocycles. The molecule has 2 aromatic carbocycles. The van der Waals surface area contributed by atoms with Crippen LogP contribution in [0.15, 0.2) is 49.1 Å². The van der Waals surface area contributed by atoms with E-state index in [4.69, 9.17) is 9.47 Å². The molecule has 0 aromatic heterocycles. The summed E-state index contributed by atoms with van der Waals surface area (Å²) < 4.78 is 11.0. The molecule has 0 aliphatic heterocycles. The number of methoxy groups -OCH3 is 1. The first-order valence-corrected chi connectivity index (χ1v) is 9.20. The number of carbonyl (C=O) groups excluding carboxylic acids is 1. The fourth-order valence-electron chi connectivity index (χ4n) is 3.03. The Kier molecular flexibility index (Phi) is 7.05. The smallest absolute Gasteiger partial charge is 0.251 e. The van der Waals surface area contributed by atoms with Crippen molar-refractivity contribution in [1.29, 1.82) is 0 Å². The van der Waals surface area contributed by atoms with Gasteiger partial charge in [-0.2, -0.15) is 0 Å². The normalized spacial score (nSPS) is 11.8. The SMILES string of the molecule is C=CCOc1ccc(C(=O)N[C@@H](C)c2cc(C(C)C)c(OC)cc2C)cc1. The molecule has 4 nitrogen and oxygen atoms in total. The molecule has 4 heteroatoms. The van der Waals surface area contributed by atoms with Crippen LogP contribution in [0.1, 0.15) is 59.8 Å². The quantitative estimate of drug-likeness (QED) is 0.654. The Hall–Kier alpha value is -2.75. The van der Waals surface area contributed by atoms with Gasteiger partial charge in [-0.05, 0) is 72.9 Å². The molecule has 1 atom stereocenters. The van der Waals surface area contributed by atoms with Crippen LogP contribution in [0.5, 0.6) is 11.5 Å². The average molecular weight is 367 g/mol. The third kappa shape index (κ3) is 5.13. The topological polar surface area (TPSA) is 47.6 Å². The van der Waals surface area contributed by atoms with Crippen molar-refractivity contribution in [3.8, 4) is 11.5 Å². The highest BCUT2D eigenvalue weighted by Crippen LogP contribution is 2.32. The molecule has 0 unspecified atom stereocenters. The lowest BCUT2D eigenvalue weighted by molar-refractivity contribution is 0.0940. The minimum absolute atomic E-state index is 0.112. The van der Waals surface area contributed by atoms with Crippen LogP contribution in [-0.2, 0) is 0 Å². The van der Waals surface area contributed by atoms with E-state index in [-0.39, 0.29) is 11.9 Å². The van der Waals surface area contributed by atoms with Crippen molar-refractivity contribution in [2.24, 2.45) is 0 Å². The third-order valence-electron chi connectivity index (χ3n) is 4.54. The van der Waals surface area contributed by atoms with Gasteiger partial charge in [-0.25, -0.2) is 0 Å². The van der Waals surface area contributed by atoms with Crippen LogP contribution >= 0.6 is 0 Å². The number of rotatable bonds is 8. The van der Waals surface area contributed by atoms with E-state index in [0.717, 1.165) is 22.4 Å². The molecule has 0 saturated carbocycles. The summed E-state index contributed by atoms with van der Waals surface area (Å²) in [6.07, 6.45) is 1.69. The minimum Gasteiger partial charge on any atom is -0.496 e. The zero-order chi connectivity index (χ0) is 20.0. The first kappa shape index (κ1) is 20.6. The van der Waals surface area contributed by atoms with E-state index in [2.05, 4.69) is 31.8 Å². The highest BCUT2D eigenvalue weighted by molar-refractivity contribution is 5.94. The second-order valence-electron chi connectivity index (χ2n) is 6.92. The monoisotopic (exact) mass is 367 g/mol. The van der Waals surface area contributed by atoms with E-state index >= 15 is 0 Å². The van der Waals surface area contributed by atoms with Crippen LogP contribution in [0, 0.1) is 6.92 Å². The summed E-state index contributed by atoms with van der Waals surface area (Å²) in [6.45, 7) is 12.4. The van der Waals surface area contributed by atoms with Crippen LogP contribution in [-0.4, -0.2) is 19.6 Å². The highest BCUT2D eigenvalue weighted by Gasteiger charge is 2.17. The van der Waals surface area contributed by atoms with Crippen molar-refractivity contribution in [2.75, 3.05) is 13.7 Å². The summed E-state index contributed by atoms with van der Waals surface area (Å²) in [5.41, 5.74) is 3.93. The van der Waals surface area contributed by atoms with Crippen LogP contribution in [0.2, 0.25) is 0 Å². The zero-order valence-corrected chi connectivity index (χ0v) is 16.8. The van der Waals surface area contributed by atoms with Gasteiger partial charge >= 0.3 is 0 Å². The Bertz CT molecular complexity index is 794. The summed E-state index contributed by atoms with van der Waals surface area (Å²) in [5.74, 6) is 1.83. The van der Waals surface area contributed by atoms with Gasteiger partial charge in [0, 0.05) is 5.56 Å². The Labute approximate surface area is 162 Å². The summed E-state index contributed by atoms with van der Waals surface area (Å²) in [7, 11) is 1.69. The first-order chi connectivity index (χ1) is 12.9. The average Bonchev–Trinajstić information content (AvgIpc) is 2.65. The molecule has 2 rings (SSSR count). The molecule has 0 spiro atoms. The van der Waals surface area contributed by atoms with E-state index in [1.165, 1.54) is 0 Å². The van der Waals surface area contributed by atoms with Gasteiger partial charge < -0.3 is 14.8 Å². The Morgan fingerprint density at radius 3 is 2.37 bits per heavy atom.